The first kappa shape index (κ1) is 5.42. The standard InChI is InChI=1S/CH2I2O/c2-1-4-3/h1H2. The van der Waals surface area contributed by atoms with Gasteiger partial charge in [-0.15, -0.1) is 0 Å². The Morgan fingerprint density at radius 3 is 2.00 bits per heavy atom. The zero-order valence-electron chi connectivity index (χ0n) is 1.87. The summed E-state index contributed by atoms with van der Waals surface area (Å²) >= 11 is 3.97. The van der Waals surface area contributed by atoms with Gasteiger partial charge in [-0.2, -0.15) is 0 Å². The molecule has 0 N–H and O–H groups in total. The zero-order valence-corrected chi connectivity index (χ0v) is 6.19. The van der Waals surface area contributed by atoms with E-state index in [2.05, 4.69) is 25.7 Å². The van der Waals surface area contributed by atoms with Gasteiger partial charge in [0.15, 0.2) is 0 Å². The quantitative estimate of drug-likeness (QED) is 0.526. The molecule has 0 bridgehead atoms. The molecule has 0 fully saturated rings. The molecular formula is CH2I2O. The molecule has 0 radical (unpaired) electrons. The van der Waals surface area contributed by atoms with E-state index in [1.807, 2.05) is 23.0 Å². The number of hydrogen-bond acceptors (Lipinski definition) is 1. The monoisotopic (exact) mass is 284 g/mol. The number of alkyl halides is 1. The maximum Gasteiger partial charge on any atom is 0.110 e. The van der Waals surface area contributed by atoms with Crippen molar-refractivity contribution in [1.82, 2.24) is 0 Å². The highest BCUT2D eigenvalue weighted by Gasteiger charge is 1.57. The molecule has 0 heterocycles. The summed E-state index contributed by atoms with van der Waals surface area (Å²) in [7, 11) is 0. The Bertz CT molecular complexity index is 8.00. The van der Waals surface area contributed by atoms with E-state index in [9.17, 15) is 0 Å². The van der Waals surface area contributed by atoms with Crippen LogP contribution in [-0.2, 0) is 3.07 Å². The summed E-state index contributed by atoms with van der Waals surface area (Å²) in [6.07, 6.45) is 0. The molecule has 0 aliphatic rings. The first-order valence-electron chi connectivity index (χ1n) is 0.710. The zero-order chi connectivity index (χ0) is 3.41. The molecule has 0 atom stereocenters. The molecule has 0 spiro atoms. The van der Waals surface area contributed by atoms with Crippen LogP contribution in [0.4, 0.5) is 0 Å². The fourth-order valence-corrected chi connectivity index (χ4v) is 0. The lowest BCUT2D eigenvalue weighted by atomic mass is 11.8. The van der Waals surface area contributed by atoms with E-state index in [1.54, 1.807) is 0 Å². The molecular weight excluding hydrogens is 282 g/mol. The molecule has 0 unspecified atom stereocenters. The summed E-state index contributed by atoms with van der Waals surface area (Å²) in [5, 5.41) is 0. The minimum atomic E-state index is 0.776. The molecule has 3 heteroatoms. The topological polar surface area (TPSA) is 9.23 Å². The number of rotatable bonds is 1. The van der Waals surface area contributed by atoms with Crippen LogP contribution < -0.4 is 0 Å². The Kier molecular flexibility index (Phi) is 5.99. The van der Waals surface area contributed by atoms with E-state index < -0.39 is 0 Å². The van der Waals surface area contributed by atoms with Crippen LogP contribution in [0.25, 0.3) is 0 Å². The summed E-state index contributed by atoms with van der Waals surface area (Å²) in [6, 6.07) is 0. The van der Waals surface area contributed by atoms with Crippen molar-refractivity contribution in [2.75, 3.05) is 4.61 Å². The molecule has 0 aromatic rings. The summed E-state index contributed by atoms with van der Waals surface area (Å²) in [5.74, 6) is 0. The van der Waals surface area contributed by atoms with Crippen molar-refractivity contribution in [3.05, 3.63) is 0 Å². The highest BCUT2D eigenvalue weighted by molar-refractivity contribution is 14.1. The summed E-state index contributed by atoms with van der Waals surface area (Å²) in [4.78, 5) is 0. The van der Waals surface area contributed by atoms with Crippen LogP contribution in [-0.4, -0.2) is 4.61 Å². The predicted molar refractivity (Wildman–Crippen MR) is 34.0 cm³/mol. The lowest BCUT2D eigenvalue weighted by molar-refractivity contribution is 0.543. The highest BCUT2D eigenvalue weighted by atomic mass is 127. The highest BCUT2D eigenvalue weighted by Crippen LogP contribution is 1.88. The molecule has 0 saturated carbocycles. The molecule has 26 valence electrons. The van der Waals surface area contributed by atoms with Gasteiger partial charge in [0.25, 0.3) is 0 Å². The number of hydrogen-bond donors (Lipinski definition) is 0. The van der Waals surface area contributed by atoms with Gasteiger partial charge in [-0.05, 0) is 0 Å². The Morgan fingerprint density at radius 1 is 1.75 bits per heavy atom. The van der Waals surface area contributed by atoms with E-state index in [1.165, 1.54) is 0 Å². The molecule has 0 amide bonds. The molecule has 4 heavy (non-hydrogen) atoms. The molecule has 0 saturated heterocycles. The van der Waals surface area contributed by atoms with E-state index >= 15 is 0 Å². The minimum Gasteiger partial charge on any atom is -0.305 e. The fourth-order valence-electron chi connectivity index (χ4n) is 0. The lowest BCUT2D eigenvalue weighted by Gasteiger charge is -1.69. The SMILES string of the molecule is ICOI. The van der Waals surface area contributed by atoms with Gasteiger partial charge in [0, 0.05) is 0 Å². The van der Waals surface area contributed by atoms with Crippen LogP contribution in [0.5, 0.6) is 0 Å². The molecule has 0 rings (SSSR count). The van der Waals surface area contributed by atoms with E-state index in [4.69, 9.17) is 0 Å². The third kappa shape index (κ3) is 3.42. The van der Waals surface area contributed by atoms with Crippen LogP contribution in [0.1, 0.15) is 0 Å². The van der Waals surface area contributed by atoms with Crippen molar-refractivity contribution in [2.45, 2.75) is 0 Å². The first-order valence-corrected chi connectivity index (χ1v) is 3.12. The van der Waals surface area contributed by atoms with Crippen LogP contribution in [0.2, 0.25) is 0 Å². The average molecular weight is 284 g/mol. The van der Waals surface area contributed by atoms with Gasteiger partial charge in [0.1, 0.15) is 27.6 Å². The van der Waals surface area contributed by atoms with Crippen molar-refractivity contribution in [1.29, 1.82) is 0 Å². The van der Waals surface area contributed by atoms with Crippen LogP contribution in [0.15, 0.2) is 0 Å². The van der Waals surface area contributed by atoms with Gasteiger partial charge in [0.05, 0.1) is 0 Å². The Hall–Kier alpha value is 1.42. The molecule has 0 aromatic carbocycles. The van der Waals surface area contributed by atoms with Crippen LogP contribution in [0.3, 0.4) is 0 Å². The van der Waals surface area contributed by atoms with Gasteiger partial charge < -0.3 is 3.07 Å². The average Bonchev–Trinajstić information content (AvgIpc) is 1.37. The largest absolute Gasteiger partial charge is 0.305 e. The number of halogens is 2. The normalized spacial score (nSPS) is 7.50. The second kappa shape index (κ2) is 4.42. The van der Waals surface area contributed by atoms with E-state index in [-0.39, 0.29) is 0 Å². The Labute approximate surface area is 52.9 Å². The maximum atomic E-state index is 4.50. The predicted octanol–water partition coefficient (Wildman–Crippen LogP) is 1.75. The molecule has 0 aliphatic heterocycles. The van der Waals surface area contributed by atoms with Crippen molar-refractivity contribution in [2.24, 2.45) is 0 Å². The van der Waals surface area contributed by atoms with Crippen molar-refractivity contribution in [3.8, 4) is 0 Å². The van der Waals surface area contributed by atoms with Gasteiger partial charge in [0.2, 0.25) is 0 Å². The van der Waals surface area contributed by atoms with Crippen LogP contribution >= 0.6 is 45.6 Å². The lowest BCUT2D eigenvalue weighted by Crippen LogP contribution is -1.55. The van der Waals surface area contributed by atoms with Gasteiger partial charge in [-0.25, -0.2) is 0 Å². The smallest absolute Gasteiger partial charge is 0.110 e. The van der Waals surface area contributed by atoms with E-state index in [0.29, 0.717) is 0 Å². The second-order valence-electron chi connectivity index (χ2n) is 0.218. The summed E-state index contributed by atoms with van der Waals surface area (Å²) < 4.78 is 5.27. The third-order valence-corrected chi connectivity index (χ3v) is 1.86. The van der Waals surface area contributed by atoms with Crippen molar-refractivity contribution in [3.63, 3.8) is 0 Å². The molecule has 0 aliphatic carbocycles. The van der Waals surface area contributed by atoms with E-state index in [0.717, 1.165) is 4.61 Å². The van der Waals surface area contributed by atoms with Gasteiger partial charge >= 0.3 is 0 Å². The van der Waals surface area contributed by atoms with Crippen LogP contribution in [0, 0.1) is 0 Å². The van der Waals surface area contributed by atoms with Crippen molar-refractivity contribution < 1.29 is 3.07 Å². The Morgan fingerprint density at radius 2 is 2.00 bits per heavy atom. The summed E-state index contributed by atoms with van der Waals surface area (Å²) in [5.41, 5.74) is 0. The third-order valence-electron chi connectivity index (χ3n) is 0.0412. The second-order valence-corrected chi connectivity index (χ2v) is 1.46. The van der Waals surface area contributed by atoms with Crippen molar-refractivity contribution >= 4 is 45.6 Å². The summed E-state index contributed by atoms with van der Waals surface area (Å²) in [6.45, 7) is 0. The van der Waals surface area contributed by atoms with Gasteiger partial charge in [-0.1, -0.05) is 22.6 Å². The van der Waals surface area contributed by atoms with Gasteiger partial charge in [-0.3, -0.25) is 0 Å². The maximum absolute atomic E-state index is 4.50. The fraction of sp³-hybridized carbons (Fsp3) is 1.00. The molecule has 0 aromatic heterocycles. The first-order chi connectivity index (χ1) is 1.91. The Balaban J connectivity index is 1.97. The molecule has 1 nitrogen and oxygen atoms in total. The minimum absolute atomic E-state index is 0.776.